The molecule has 8 nitrogen and oxygen atoms in total. The molecule has 230 valence electrons. The normalized spacial score (nSPS) is 18.0. The number of hydrogen-bond acceptors (Lipinski definition) is 7. The highest BCUT2D eigenvalue weighted by Crippen LogP contribution is 2.41. The third kappa shape index (κ3) is 7.64. The molecule has 0 saturated carbocycles. The van der Waals surface area contributed by atoms with E-state index in [1.807, 2.05) is 116 Å². The number of aliphatic hydroxyl groups is 1. The van der Waals surface area contributed by atoms with E-state index in [-0.39, 0.29) is 24.8 Å². The van der Waals surface area contributed by atoms with Gasteiger partial charge < -0.3 is 29.6 Å². The highest BCUT2D eigenvalue weighted by atomic mass is 32.2. The lowest BCUT2D eigenvalue weighted by molar-refractivity contribution is -0.245. The molecule has 2 heterocycles. The first-order valence-electron chi connectivity index (χ1n) is 15.0. The lowest BCUT2D eigenvalue weighted by Gasteiger charge is -2.36. The van der Waals surface area contributed by atoms with Crippen molar-refractivity contribution in [3.63, 3.8) is 0 Å². The third-order valence-electron chi connectivity index (χ3n) is 7.45. The van der Waals surface area contributed by atoms with Gasteiger partial charge in [0.1, 0.15) is 5.69 Å². The zero-order chi connectivity index (χ0) is 31.0. The number of oxazole rings is 1. The molecule has 45 heavy (non-hydrogen) atoms. The predicted molar refractivity (Wildman–Crippen MR) is 176 cm³/mol. The molecule has 0 aliphatic carbocycles. The number of hydrogen-bond donors (Lipinski definition) is 3. The summed E-state index contributed by atoms with van der Waals surface area (Å²) in [6, 6.07) is 35.1. The minimum atomic E-state index is -0.660. The average Bonchev–Trinajstić information content (AvgIpc) is 3.53. The smallest absolute Gasteiger partial charge is 0.319 e. The van der Waals surface area contributed by atoms with Crippen LogP contribution in [-0.2, 0) is 16.1 Å². The number of ether oxygens (including phenoxy) is 2. The molecule has 1 aromatic heterocycles. The van der Waals surface area contributed by atoms with Gasteiger partial charge in [0.15, 0.2) is 12.1 Å². The molecule has 0 bridgehead atoms. The second kappa shape index (κ2) is 14.6. The Morgan fingerprint density at radius 2 is 1.62 bits per heavy atom. The van der Waals surface area contributed by atoms with Gasteiger partial charge in [-0.3, -0.25) is 0 Å². The highest BCUT2D eigenvalue weighted by molar-refractivity contribution is 7.99. The first-order valence-corrected chi connectivity index (χ1v) is 16.0. The Morgan fingerprint density at radius 3 is 2.33 bits per heavy atom. The standard InChI is InChI=1S/C36H35N3O5S/c1-2-37-35(41)38-29-15-9-14-28(20-29)34-42-30(21-31(43-34)25-18-16-24(22-40)17-19-25)23-45-36-39-32(26-10-5-3-6-11-26)33(44-36)27-12-7-4-8-13-27/h3-20,30-31,34,40H,2,21-23H2,1H3,(H2,37,38,41)/t30-,31+,34+/m0/s1. The Labute approximate surface area is 266 Å². The predicted octanol–water partition coefficient (Wildman–Crippen LogP) is 7.98. The molecule has 6 rings (SSSR count). The van der Waals surface area contributed by atoms with Crippen LogP contribution in [-0.4, -0.2) is 34.5 Å². The maximum Gasteiger partial charge on any atom is 0.319 e. The fourth-order valence-electron chi connectivity index (χ4n) is 5.22. The van der Waals surface area contributed by atoms with Crippen LogP contribution in [0.1, 0.15) is 42.4 Å². The van der Waals surface area contributed by atoms with E-state index in [2.05, 4.69) is 10.6 Å². The second-order valence-corrected chi connectivity index (χ2v) is 11.6. The van der Waals surface area contributed by atoms with E-state index in [0.717, 1.165) is 39.3 Å². The first kappa shape index (κ1) is 30.6. The molecule has 0 unspecified atom stereocenters. The molecule has 3 atom stereocenters. The minimum absolute atomic E-state index is 0.0196. The number of nitrogens with zero attached hydrogens (tertiary/aromatic N) is 1. The number of amides is 2. The number of benzene rings is 4. The van der Waals surface area contributed by atoms with E-state index >= 15 is 0 Å². The number of anilines is 1. The first-order chi connectivity index (χ1) is 22.1. The number of aromatic nitrogens is 1. The molecule has 5 aromatic rings. The summed E-state index contributed by atoms with van der Waals surface area (Å²) >= 11 is 1.51. The van der Waals surface area contributed by atoms with Crippen LogP contribution in [0.2, 0.25) is 0 Å². The number of aliphatic hydroxyl groups excluding tert-OH is 1. The summed E-state index contributed by atoms with van der Waals surface area (Å²) in [6.07, 6.45) is -0.474. The summed E-state index contributed by atoms with van der Waals surface area (Å²) in [5.41, 5.74) is 6.03. The van der Waals surface area contributed by atoms with Crippen molar-refractivity contribution in [1.82, 2.24) is 10.3 Å². The molecule has 3 N–H and O–H groups in total. The summed E-state index contributed by atoms with van der Waals surface area (Å²) in [5, 5.41) is 15.7. The van der Waals surface area contributed by atoms with Crippen molar-refractivity contribution in [2.24, 2.45) is 0 Å². The third-order valence-corrected chi connectivity index (χ3v) is 8.41. The molecule has 9 heteroatoms. The Balaban J connectivity index is 1.25. The highest BCUT2D eigenvalue weighted by Gasteiger charge is 2.33. The monoisotopic (exact) mass is 621 g/mol. The fraction of sp³-hybridized carbons (Fsp3) is 0.222. The van der Waals surface area contributed by atoms with E-state index in [1.54, 1.807) is 0 Å². The lowest BCUT2D eigenvalue weighted by atomic mass is 10.0. The number of thioether (sulfide) groups is 1. The number of carbonyl (C=O) groups is 1. The molecular formula is C36H35N3O5S. The van der Waals surface area contributed by atoms with Crippen LogP contribution in [0, 0.1) is 0 Å². The minimum Gasteiger partial charge on any atom is -0.431 e. The summed E-state index contributed by atoms with van der Waals surface area (Å²) in [6.45, 7) is 2.38. The molecule has 1 aliphatic rings. The molecule has 0 radical (unpaired) electrons. The summed E-state index contributed by atoms with van der Waals surface area (Å²) in [7, 11) is 0. The van der Waals surface area contributed by atoms with E-state index in [9.17, 15) is 9.90 Å². The van der Waals surface area contributed by atoms with Gasteiger partial charge >= 0.3 is 6.03 Å². The van der Waals surface area contributed by atoms with Gasteiger partial charge in [0, 0.05) is 41.1 Å². The molecule has 1 aliphatic heterocycles. The largest absolute Gasteiger partial charge is 0.431 e. The van der Waals surface area contributed by atoms with Gasteiger partial charge in [-0.1, -0.05) is 109 Å². The molecular weight excluding hydrogens is 586 g/mol. The van der Waals surface area contributed by atoms with Crippen LogP contribution in [0.3, 0.4) is 0 Å². The van der Waals surface area contributed by atoms with E-state index in [1.165, 1.54) is 11.8 Å². The van der Waals surface area contributed by atoms with Crippen LogP contribution in [0.25, 0.3) is 22.6 Å². The topological polar surface area (TPSA) is 106 Å². The van der Waals surface area contributed by atoms with Gasteiger partial charge in [0.05, 0.1) is 18.8 Å². The van der Waals surface area contributed by atoms with Crippen molar-refractivity contribution >= 4 is 23.5 Å². The van der Waals surface area contributed by atoms with E-state index in [0.29, 0.717) is 29.6 Å². The SMILES string of the molecule is CCNC(=O)Nc1cccc([C@@H]2O[C@H](CSc3nc(-c4ccccc4)c(-c4ccccc4)o3)C[C@H](c3ccc(CO)cc3)O2)c1. The number of nitrogens with one attached hydrogen (secondary N) is 2. The van der Waals surface area contributed by atoms with E-state index in [4.69, 9.17) is 18.9 Å². The van der Waals surface area contributed by atoms with Gasteiger partial charge in [0.25, 0.3) is 5.22 Å². The van der Waals surface area contributed by atoms with Crippen molar-refractivity contribution in [3.05, 3.63) is 126 Å². The van der Waals surface area contributed by atoms with Crippen molar-refractivity contribution in [2.75, 3.05) is 17.6 Å². The van der Waals surface area contributed by atoms with Crippen LogP contribution >= 0.6 is 11.8 Å². The van der Waals surface area contributed by atoms with Crippen molar-refractivity contribution in [2.45, 2.75) is 43.7 Å². The van der Waals surface area contributed by atoms with Crippen LogP contribution in [0.4, 0.5) is 10.5 Å². The van der Waals surface area contributed by atoms with Crippen LogP contribution in [0.5, 0.6) is 0 Å². The fourth-order valence-corrected chi connectivity index (χ4v) is 6.07. The number of rotatable bonds is 10. The van der Waals surface area contributed by atoms with Gasteiger partial charge in [-0.2, -0.15) is 0 Å². The average molecular weight is 622 g/mol. The Bertz CT molecular complexity index is 1640. The van der Waals surface area contributed by atoms with Crippen molar-refractivity contribution in [3.8, 4) is 22.6 Å². The maximum absolute atomic E-state index is 12.1. The molecule has 2 amide bonds. The second-order valence-electron chi connectivity index (χ2n) is 10.7. The molecule has 4 aromatic carbocycles. The Morgan fingerprint density at radius 1 is 0.889 bits per heavy atom. The van der Waals surface area contributed by atoms with Gasteiger partial charge in [0.2, 0.25) is 0 Å². The van der Waals surface area contributed by atoms with Crippen LogP contribution < -0.4 is 10.6 Å². The van der Waals surface area contributed by atoms with Gasteiger partial charge in [-0.05, 0) is 30.2 Å². The van der Waals surface area contributed by atoms with E-state index < -0.39 is 6.29 Å². The maximum atomic E-state index is 12.1. The quantitative estimate of drug-likeness (QED) is 0.136. The number of carbonyl (C=O) groups excluding carboxylic acids is 1. The Kier molecular flexibility index (Phi) is 9.92. The number of urea groups is 1. The lowest BCUT2D eigenvalue weighted by Crippen LogP contribution is -2.31. The van der Waals surface area contributed by atoms with Crippen molar-refractivity contribution < 1.29 is 23.8 Å². The summed E-state index contributed by atoms with van der Waals surface area (Å²) < 4.78 is 19.4. The molecule has 0 spiro atoms. The summed E-state index contributed by atoms with van der Waals surface area (Å²) in [5.74, 6) is 1.32. The molecule has 1 fully saturated rings. The molecule has 1 saturated heterocycles. The van der Waals surface area contributed by atoms with Gasteiger partial charge in [-0.25, -0.2) is 9.78 Å². The summed E-state index contributed by atoms with van der Waals surface area (Å²) in [4.78, 5) is 17.1. The van der Waals surface area contributed by atoms with Crippen molar-refractivity contribution in [1.29, 1.82) is 0 Å². The van der Waals surface area contributed by atoms with Gasteiger partial charge in [-0.15, -0.1) is 0 Å². The zero-order valence-corrected chi connectivity index (χ0v) is 25.7. The van der Waals surface area contributed by atoms with Crippen LogP contribution in [0.15, 0.2) is 119 Å². The zero-order valence-electron chi connectivity index (χ0n) is 24.9. The Hall–Kier alpha value is -4.41.